The molecule has 3 amide bonds. The lowest BCUT2D eigenvalue weighted by atomic mass is 10.1. The number of esters is 1. The molecule has 0 aromatic heterocycles. The Balaban J connectivity index is 0.000000955. The number of ether oxygens (including phenoxy) is 5. The number of unbranched alkanes of at least 4 members (excludes halogenated alkanes) is 2. The Morgan fingerprint density at radius 3 is 1.87 bits per heavy atom. The number of para-hydroxylation sites is 1. The van der Waals surface area contributed by atoms with Gasteiger partial charge in [-0.3, -0.25) is 14.4 Å². The largest absolute Gasteiger partial charge is 0.506 e. The molecular weight excluding hydrogens is 1050 g/mol. The monoisotopic (exact) mass is 1120 g/mol. The summed E-state index contributed by atoms with van der Waals surface area (Å²) in [7, 11) is 12.0. The zero-order valence-corrected chi connectivity index (χ0v) is 46.2. The van der Waals surface area contributed by atoms with Gasteiger partial charge in [0.2, 0.25) is 12.8 Å². The van der Waals surface area contributed by atoms with Gasteiger partial charge in [0, 0.05) is 37.1 Å². The number of phenols is 1. The second kappa shape index (κ2) is 41.4. The molecule has 0 atom stereocenters. The molecule has 4 rings (SSSR count). The van der Waals surface area contributed by atoms with Crippen LogP contribution >= 0.6 is 11.8 Å². The number of halogens is 3. The molecule has 21 nitrogen and oxygen atoms in total. The highest BCUT2D eigenvalue weighted by molar-refractivity contribution is 8.18. The van der Waals surface area contributed by atoms with Crippen molar-refractivity contribution in [1.29, 1.82) is 0 Å². The second-order valence-corrected chi connectivity index (χ2v) is 17.8. The Labute approximate surface area is 458 Å². The lowest BCUT2D eigenvalue weighted by Crippen LogP contribution is -2.27. The van der Waals surface area contributed by atoms with Crippen LogP contribution in [0.2, 0.25) is 0 Å². The highest BCUT2D eigenvalue weighted by Gasteiger charge is 2.38. The average molecular weight is 1120 g/mol. The van der Waals surface area contributed by atoms with Gasteiger partial charge < -0.3 is 75.4 Å². The third-order valence-electron chi connectivity index (χ3n) is 9.89. The van der Waals surface area contributed by atoms with Gasteiger partial charge in [0.05, 0.1) is 56.8 Å². The van der Waals surface area contributed by atoms with Crippen LogP contribution < -0.4 is 31.3 Å². The molecule has 0 saturated heterocycles. The standard InChI is InChI=1S/C37H42N4O10S.C7H16N2O.C7H18N2.C2HF3O2/c1-3-50-37(46)33-34(44)32(52-36(33)41-27-7-5-4-6-8-27)20-25-9-10-31(30(43)19-25)51-18-17-49-16-15-48-14-13-47-12-11-39-35(45)26-21-28(38-2)23-29(22-26)40-24-42;1-9(2)6-4-3-5-8-7-10;1-8-6-4-5-7-9(2)3;3-2(4,5)1(6)7/h4-10,19-24,38,43-44H,3,11-18H2,1-2H3,(H,39,45)(H,40,42);7H,3-6H2,1-2H3,(H,8,10);8H,4-7H2,1-3H3;(H,6,7)/b32-20-,41-36?;;;. The number of carboxylic acid groups (broad SMARTS) is 1. The van der Waals surface area contributed by atoms with E-state index in [9.17, 15) is 42.6 Å². The average Bonchev–Trinajstić information content (AvgIpc) is 3.70. The summed E-state index contributed by atoms with van der Waals surface area (Å²) in [5.41, 5.74) is 2.79. The van der Waals surface area contributed by atoms with E-state index < -0.39 is 18.1 Å². The van der Waals surface area contributed by atoms with E-state index in [0.29, 0.717) is 84.1 Å². The predicted octanol–water partition coefficient (Wildman–Crippen LogP) is 6.31. The maximum Gasteiger partial charge on any atom is 0.490 e. The van der Waals surface area contributed by atoms with E-state index in [0.717, 1.165) is 50.6 Å². The molecule has 0 radical (unpaired) electrons. The number of nitrogens with one attached hydrogen (secondary N) is 5. The lowest BCUT2D eigenvalue weighted by Gasteiger charge is -2.11. The number of amides is 3. The van der Waals surface area contributed by atoms with E-state index in [1.165, 1.54) is 25.5 Å². The molecule has 0 spiro atoms. The number of nitrogens with zero attached hydrogens (tertiary/aromatic N) is 3. The first kappa shape index (κ1) is 69.3. The number of hydrogen-bond donors (Lipinski definition) is 8. The summed E-state index contributed by atoms with van der Waals surface area (Å²) in [5.74, 6) is -3.80. The van der Waals surface area contributed by atoms with Crippen molar-refractivity contribution >= 4 is 70.6 Å². The maximum atomic E-state index is 12.6. The van der Waals surface area contributed by atoms with Crippen molar-refractivity contribution in [3.8, 4) is 11.5 Å². The number of aromatic hydroxyl groups is 1. The number of phenolic OH excluding ortho intramolecular Hbond substituents is 1. The Morgan fingerprint density at radius 1 is 0.744 bits per heavy atom. The molecule has 434 valence electrons. The number of aliphatic carboxylic acids is 1. The number of alkyl halides is 3. The van der Waals surface area contributed by atoms with Crippen molar-refractivity contribution < 1.29 is 76.1 Å². The summed E-state index contributed by atoms with van der Waals surface area (Å²) >= 11 is 1.13. The second-order valence-electron chi connectivity index (χ2n) is 16.8. The van der Waals surface area contributed by atoms with Crippen LogP contribution in [0.1, 0.15) is 48.5 Å². The van der Waals surface area contributed by atoms with E-state index >= 15 is 0 Å². The summed E-state index contributed by atoms with van der Waals surface area (Å²) < 4.78 is 59.1. The van der Waals surface area contributed by atoms with Crippen LogP contribution in [0.15, 0.2) is 88.0 Å². The fourth-order valence-corrected chi connectivity index (χ4v) is 7.13. The fourth-order valence-electron chi connectivity index (χ4n) is 6.10. The van der Waals surface area contributed by atoms with E-state index in [2.05, 4.69) is 55.5 Å². The van der Waals surface area contributed by atoms with Crippen molar-refractivity contribution in [3.63, 3.8) is 0 Å². The molecule has 0 fully saturated rings. The van der Waals surface area contributed by atoms with Crippen LogP contribution in [-0.4, -0.2) is 195 Å². The van der Waals surface area contributed by atoms with Crippen molar-refractivity contribution in [2.75, 3.05) is 138 Å². The summed E-state index contributed by atoms with van der Waals surface area (Å²) in [4.78, 5) is 63.7. The van der Waals surface area contributed by atoms with Gasteiger partial charge in [-0.1, -0.05) is 36.0 Å². The number of hydrogen-bond acceptors (Lipinski definition) is 18. The van der Waals surface area contributed by atoms with Gasteiger partial charge in [0.1, 0.15) is 23.0 Å². The molecule has 0 unspecified atom stereocenters. The van der Waals surface area contributed by atoms with Crippen LogP contribution in [-0.2, 0) is 38.1 Å². The van der Waals surface area contributed by atoms with Crippen molar-refractivity contribution in [2.24, 2.45) is 4.99 Å². The molecule has 1 aliphatic rings. The number of aliphatic hydroxyl groups excluding tert-OH is 1. The highest BCUT2D eigenvalue weighted by atomic mass is 32.2. The topological polar surface area (TPSA) is 271 Å². The van der Waals surface area contributed by atoms with Crippen LogP contribution in [0.25, 0.3) is 6.08 Å². The van der Waals surface area contributed by atoms with E-state index in [1.54, 1.807) is 62.5 Å². The Kier molecular flexibility index (Phi) is 36.7. The summed E-state index contributed by atoms with van der Waals surface area (Å²) in [5, 5.41) is 42.9. The Hall–Kier alpha value is -6.74. The minimum absolute atomic E-state index is 0.0125. The van der Waals surface area contributed by atoms with E-state index in [1.807, 2.05) is 39.3 Å². The van der Waals surface area contributed by atoms with Gasteiger partial charge in [-0.05, 0) is 142 Å². The Bertz CT molecular complexity index is 2330. The zero-order valence-electron chi connectivity index (χ0n) is 45.4. The number of aliphatic imine (C=N–C) groups is 1. The quantitative estimate of drug-likeness (QED) is 0.0193. The zero-order chi connectivity index (χ0) is 58.1. The molecular formula is C53H77F3N8O13S. The molecule has 8 N–H and O–H groups in total. The third-order valence-corrected chi connectivity index (χ3v) is 10.9. The van der Waals surface area contributed by atoms with Gasteiger partial charge >= 0.3 is 18.1 Å². The van der Waals surface area contributed by atoms with E-state index in [4.69, 9.17) is 33.6 Å². The lowest BCUT2D eigenvalue weighted by molar-refractivity contribution is -0.192. The number of benzene rings is 3. The predicted molar refractivity (Wildman–Crippen MR) is 297 cm³/mol. The first-order chi connectivity index (χ1) is 37.3. The van der Waals surface area contributed by atoms with Gasteiger partial charge in [0.15, 0.2) is 11.5 Å². The van der Waals surface area contributed by atoms with Crippen molar-refractivity contribution in [3.05, 3.63) is 94.1 Å². The number of anilines is 2. The highest BCUT2D eigenvalue weighted by Crippen LogP contribution is 2.41. The fraction of sp³-hybridized carbons (Fsp3) is 0.472. The van der Waals surface area contributed by atoms with Crippen molar-refractivity contribution in [2.45, 2.75) is 38.8 Å². The van der Waals surface area contributed by atoms with Gasteiger partial charge in [-0.2, -0.15) is 13.2 Å². The van der Waals surface area contributed by atoms with Gasteiger partial charge in [0.25, 0.3) is 5.91 Å². The van der Waals surface area contributed by atoms with Crippen molar-refractivity contribution in [1.82, 2.24) is 25.8 Å². The molecule has 0 saturated carbocycles. The number of carbonyl (C=O) groups excluding carboxylic acids is 4. The number of carbonyl (C=O) groups is 5. The summed E-state index contributed by atoms with van der Waals surface area (Å²) in [6, 6.07) is 18.9. The number of thioether (sulfide) groups is 1. The SMILES string of the molecule is CCOC(=O)C1=C(O)/C(=C/c2ccc(OCCOCCOCCOCCNC(=O)c3cc(NC)cc(NC=O)c3)c(O)c2)SC1=Nc1ccccc1.CN(C)CCCCNC=O.CNCCCCN(C)C.O=C(O)C(F)(F)F. The molecule has 0 aliphatic carbocycles. The molecule has 25 heteroatoms. The summed E-state index contributed by atoms with van der Waals surface area (Å²) in [6.07, 6.45) is 2.65. The van der Waals surface area contributed by atoms with Crippen LogP contribution in [0.3, 0.4) is 0 Å². The molecule has 1 heterocycles. The van der Waals surface area contributed by atoms with Gasteiger partial charge in [-0.15, -0.1) is 0 Å². The van der Waals surface area contributed by atoms with Crippen LogP contribution in [0.5, 0.6) is 11.5 Å². The van der Waals surface area contributed by atoms with Crippen LogP contribution in [0, 0.1) is 0 Å². The molecule has 3 aromatic rings. The smallest absolute Gasteiger partial charge is 0.490 e. The third kappa shape index (κ3) is 31.5. The molecule has 0 bridgehead atoms. The van der Waals surface area contributed by atoms with Gasteiger partial charge in [-0.25, -0.2) is 14.6 Å². The minimum Gasteiger partial charge on any atom is -0.506 e. The number of carboxylic acids is 1. The molecule has 78 heavy (non-hydrogen) atoms. The minimum atomic E-state index is -5.08. The normalized spacial score (nSPS) is 12.9. The first-order valence-corrected chi connectivity index (χ1v) is 25.7. The summed E-state index contributed by atoms with van der Waals surface area (Å²) in [6.45, 7) is 8.54. The molecule has 3 aromatic carbocycles. The Morgan fingerprint density at radius 2 is 1.33 bits per heavy atom. The maximum absolute atomic E-state index is 12.6. The first-order valence-electron chi connectivity index (χ1n) is 24.9. The number of aliphatic hydroxyl groups is 1. The van der Waals surface area contributed by atoms with E-state index in [-0.39, 0.29) is 48.6 Å². The molecule has 1 aliphatic heterocycles. The van der Waals surface area contributed by atoms with Crippen LogP contribution in [0.4, 0.5) is 30.2 Å². The number of rotatable bonds is 32.